The van der Waals surface area contributed by atoms with Crippen molar-refractivity contribution in [1.82, 2.24) is 14.5 Å². The lowest BCUT2D eigenvalue weighted by Crippen LogP contribution is -2.29. The summed E-state index contributed by atoms with van der Waals surface area (Å²) >= 11 is 0. The molecule has 34 heavy (non-hydrogen) atoms. The lowest BCUT2D eigenvalue weighted by molar-refractivity contribution is 0.296. The fourth-order valence-electron chi connectivity index (χ4n) is 3.86. The summed E-state index contributed by atoms with van der Waals surface area (Å²) in [7, 11) is -2.02. The number of nitrogens with one attached hydrogen (secondary N) is 1. The van der Waals surface area contributed by atoms with Crippen molar-refractivity contribution >= 4 is 20.9 Å². The highest BCUT2D eigenvalue weighted by Crippen LogP contribution is 2.30. The maximum atomic E-state index is 13.3. The molecule has 0 unspecified atom stereocenters. The van der Waals surface area contributed by atoms with Crippen LogP contribution in [0.2, 0.25) is 0 Å². The highest BCUT2D eigenvalue weighted by molar-refractivity contribution is 7.90. The zero-order valence-electron chi connectivity index (χ0n) is 18.9. The van der Waals surface area contributed by atoms with E-state index >= 15 is 0 Å². The number of fused-ring (bicyclic) bond motifs is 1. The molecule has 0 aliphatic heterocycles. The van der Waals surface area contributed by atoms with Crippen molar-refractivity contribution in [3.63, 3.8) is 0 Å². The van der Waals surface area contributed by atoms with Crippen LogP contribution in [0.25, 0.3) is 22.2 Å². The van der Waals surface area contributed by atoms with E-state index in [-0.39, 0.29) is 17.5 Å². The second kappa shape index (κ2) is 9.30. The molecule has 1 N–H and O–H groups in total. The van der Waals surface area contributed by atoms with Gasteiger partial charge in [0.25, 0.3) is 5.88 Å². The van der Waals surface area contributed by atoms with Crippen LogP contribution in [0.5, 0.6) is 11.6 Å². The van der Waals surface area contributed by atoms with Crippen LogP contribution < -0.4 is 15.2 Å². The van der Waals surface area contributed by atoms with E-state index in [0.717, 1.165) is 17.4 Å². The number of ether oxygens (including phenoxy) is 2. The van der Waals surface area contributed by atoms with Gasteiger partial charge in [0.05, 0.1) is 42.2 Å². The predicted molar refractivity (Wildman–Crippen MR) is 128 cm³/mol. The Morgan fingerprint density at radius 1 is 1.09 bits per heavy atom. The maximum Gasteiger partial charge on any atom is 0.327 e. The summed E-state index contributed by atoms with van der Waals surface area (Å²) in [5.74, 6) is -0.0670. The molecule has 4 aromatic rings. The smallest absolute Gasteiger partial charge is 0.327 e. The molecule has 2 heterocycles. The van der Waals surface area contributed by atoms with Gasteiger partial charge in [0.15, 0.2) is 5.75 Å². The summed E-state index contributed by atoms with van der Waals surface area (Å²) in [6.07, 6.45) is 1.11. The minimum atomic E-state index is -3.50. The van der Waals surface area contributed by atoms with E-state index in [1.807, 2.05) is 0 Å². The number of aromatic nitrogens is 3. The molecule has 0 saturated carbocycles. The Bertz CT molecular complexity index is 1490. The van der Waals surface area contributed by atoms with E-state index in [2.05, 4.69) is 9.97 Å². The molecule has 178 valence electrons. The Morgan fingerprint density at radius 2 is 1.79 bits per heavy atom. The molecule has 0 amide bonds. The average Bonchev–Trinajstić information content (AvgIpc) is 3.12. The molecule has 4 rings (SSSR count). The molecule has 1 atom stereocenters. The minimum Gasteiger partial charge on any atom is -0.491 e. The van der Waals surface area contributed by atoms with Gasteiger partial charge in [-0.2, -0.15) is 0 Å². The number of H-pyrrole nitrogens is 1. The van der Waals surface area contributed by atoms with E-state index in [1.54, 1.807) is 49.4 Å². The van der Waals surface area contributed by atoms with Crippen molar-refractivity contribution in [2.24, 2.45) is 0 Å². The Hall–Kier alpha value is -3.66. The van der Waals surface area contributed by atoms with Crippen LogP contribution in [-0.4, -0.2) is 48.7 Å². The fourth-order valence-corrected chi connectivity index (χ4v) is 4.76. The van der Waals surface area contributed by atoms with Crippen molar-refractivity contribution in [1.29, 1.82) is 0 Å². The quantitative estimate of drug-likeness (QED) is 0.409. The molecule has 2 aromatic carbocycles. The van der Waals surface area contributed by atoms with Crippen molar-refractivity contribution in [2.45, 2.75) is 13.0 Å². The molecule has 0 radical (unpaired) electrons. The summed E-state index contributed by atoms with van der Waals surface area (Å²) in [5.41, 5.74) is 2.46. The van der Waals surface area contributed by atoms with Crippen LogP contribution in [0, 0.1) is 5.82 Å². The van der Waals surface area contributed by atoms with E-state index < -0.39 is 21.6 Å². The number of aromatic amines is 1. The Morgan fingerprint density at radius 3 is 2.44 bits per heavy atom. The normalized spacial score (nSPS) is 12.6. The standard InChI is InChI=1S/C24H24FN3O5S/c1-4-33-23-22(32-2)12-10-18(26-23)21(14-34(3,30)31)28-20-11-7-16(13-19(20)27-24(28)29)15-5-8-17(25)9-6-15/h5-13,21H,4,14H2,1-3H3,(H,27,29)/t21-/m0/s1. The van der Waals surface area contributed by atoms with Gasteiger partial charge in [0, 0.05) is 6.26 Å². The number of pyridine rings is 1. The van der Waals surface area contributed by atoms with E-state index in [4.69, 9.17) is 9.47 Å². The Labute approximate surface area is 195 Å². The highest BCUT2D eigenvalue weighted by Gasteiger charge is 2.26. The van der Waals surface area contributed by atoms with Gasteiger partial charge in [-0.1, -0.05) is 18.2 Å². The molecule has 0 fully saturated rings. The van der Waals surface area contributed by atoms with Crippen molar-refractivity contribution < 1.29 is 22.3 Å². The summed E-state index contributed by atoms with van der Waals surface area (Å²) in [5, 5.41) is 0. The molecule has 2 aromatic heterocycles. The molecule has 0 spiro atoms. The summed E-state index contributed by atoms with van der Waals surface area (Å²) in [6.45, 7) is 2.13. The van der Waals surface area contributed by atoms with E-state index in [1.165, 1.54) is 23.8 Å². The van der Waals surface area contributed by atoms with Crippen molar-refractivity contribution in [2.75, 3.05) is 25.7 Å². The Kier molecular flexibility index (Phi) is 6.43. The van der Waals surface area contributed by atoms with E-state index in [9.17, 15) is 17.6 Å². The monoisotopic (exact) mass is 485 g/mol. The van der Waals surface area contributed by atoms with Gasteiger partial charge >= 0.3 is 5.69 Å². The molecular weight excluding hydrogens is 461 g/mol. The van der Waals surface area contributed by atoms with Crippen LogP contribution in [0.15, 0.2) is 59.4 Å². The highest BCUT2D eigenvalue weighted by atomic mass is 32.2. The van der Waals surface area contributed by atoms with Gasteiger partial charge < -0.3 is 14.5 Å². The SMILES string of the molecule is CCOc1nc([C@H](CS(C)(=O)=O)n2c(=O)[nH]c3cc(-c4ccc(F)cc4)ccc32)ccc1OC. The van der Waals surface area contributed by atoms with Crippen LogP contribution in [-0.2, 0) is 9.84 Å². The zero-order chi connectivity index (χ0) is 24.5. The van der Waals surface area contributed by atoms with Crippen molar-refractivity contribution in [3.8, 4) is 22.8 Å². The van der Waals surface area contributed by atoms with E-state index in [0.29, 0.717) is 29.1 Å². The molecular formula is C24H24FN3O5S. The number of nitrogens with zero attached hydrogens (tertiary/aromatic N) is 2. The largest absolute Gasteiger partial charge is 0.491 e. The topological polar surface area (TPSA) is 103 Å². The molecule has 8 nitrogen and oxygen atoms in total. The van der Waals surface area contributed by atoms with Gasteiger partial charge in [-0.05, 0) is 54.4 Å². The second-order valence-corrected chi connectivity index (χ2v) is 10.0. The number of rotatable bonds is 8. The number of sulfone groups is 1. The fraction of sp³-hybridized carbons (Fsp3) is 0.250. The first-order chi connectivity index (χ1) is 16.2. The van der Waals surface area contributed by atoms with Gasteiger partial charge in [0.2, 0.25) is 0 Å². The molecule has 0 bridgehead atoms. The molecule has 0 aliphatic rings. The average molecular weight is 486 g/mol. The summed E-state index contributed by atoms with van der Waals surface area (Å²) < 4.78 is 50.1. The summed E-state index contributed by atoms with van der Waals surface area (Å²) in [4.78, 5) is 20.3. The van der Waals surface area contributed by atoms with Gasteiger partial charge in [-0.25, -0.2) is 22.6 Å². The first-order valence-corrected chi connectivity index (χ1v) is 12.6. The van der Waals surface area contributed by atoms with Crippen LogP contribution in [0.4, 0.5) is 4.39 Å². The first-order valence-electron chi connectivity index (χ1n) is 10.6. The second-order valence-electron chi connectivity index (χ2n) is 7.82. The predicted octanol–water partition coefficient (Wildman–Crippen LogP) is 3.57. The number of imidazole rings is 1. The van der Waals surface area contributed by atoms with Crippen LogP contribution in [0.1, 0.15) is 18.7 Å². The van der Waals surface area contributed by atoms with Crippen LogP contribution in [0.3, 0.4) is 0 Å². The lowest BCUT2D eigenvalue weighted by Gasteiger charge is -2.19. The Balaban J connectivity index is 1.86. The van der Waals surface area contributed by atoms with Gasteiger partial charge in [-0.15, -0.1) is 0 Å². The number of benzene rings is 2. The zero-order valence-corrected chi connectivity index (χ0v) is 19.7. The van der Waals surface area contributed by atoms with Crippen LogP contribution >= 0.6 is 0 Å². The lowest BCUT2D eigenvalue weighted by atomic mass is 10.0. The number of methoxy groups -OCH3 is 1. The minimum absolute atomic E-state index is 0.215. The molecule has 0 saturated heterocycles. The molecule has 0 aliphatic carbocycles. The van der Waals surface area contributed by atoms with Gasteiger partial charge in [-0.3, -0.25) is 4.57 Å². The third-order valence-corrected chi connectivity index (χ3v) is 6.28. The first kappa shape index (κ1) is 23.5. The molecule has 10 heteroatoms. The maximum absolute atomic E-state index is 13.3. The third kappa shape index (κ3) is 4.81. The van der Waals surface area contributed by atoms with Crippen molar-refractivity contribution in [3.05, 3.63) is 76.6 Å². The number of hydrogen-bond acceptors (Lipinski definition) is 6. The van der Waals surface area contributed by atoms with Gasteiger partial charge in [0.1, 0.15) is 15.7 Å². The summed E-state index contributed by atoms with van der Waals surface area (Å²) in [6, 6.07) is 13.7. The number of hydrogen-bond donors (Lipinski definition) is 1. The third-order valence-electron chi connectivity index (χ3n) is 5.36. The number of halogens is 1.